The molecule has 3 fully saturated rings. The zero-order chi connectivity index (χ0) is 15.3. The number of fused-ring (bicyclic) bond motifs is 2. The lowest BCUT2D eigenvalue weighted by Crippen LogP contribution is -2.56. The summed E-state index contributed by atoms with van der Waals surface area (Å²) in [6.07, 6.45) is 2.88. The third kappa shape index (κ3) is 2.14. The summed E-state index contributed by atoms with van der Waals surface area (Å²) < 4.78 is 1.06. The number of piperidine rings is 3. The number of halogens is 1. The Morgan fingerprint density at radius 3 is 2.55 bits per heavy atom. The van der Waals surface area contributed by atoms with Gasteiger partial charge in [-0.25, -0.2) is 5.01 Å². The largest absolute Gasteiger partial charge is 0.293 e. The van der Waals surface area contributed by atoms with Gasteiger partial charge in [-0.1, -0.05) is 35.0 Å². The Morgan fingerprint density at radius 2 is 1.91 bits per heavy atom. The molecular weight excluding hydrogens is 342 g/mol. The molecule has 5 heteroatoms. The lowest BCUT2D eigenvalue weighted by Gasteiger charge is -2.46. The maximum absolute atomic E-state index is 12.4. The first-order valence-corrected chi connectivity index (χ1v) is 8.88. The van der Waals surface area contributed by atoms with Gasteiger partial charge in [0.25, 0.3) is 0 Å². The summed E-state index contributed by atoms with van der Waals surface area (Å²) in [5.41, 5.74) is 2.42. The molecule has 4 nitrogen and oxygen atoms in total. The lowest BCUT2D eigenvalue weighted by molar-refractivity contribution is -0.133. The summed E-state index contributed by atoms with van der Waals surface area (Å²) in [6, 6.07) is 8.67. The van der Waals surface area contributed by atoms with Gasteiger partial charge in [-0.15, -0.1) is 0 Å². The molecule has 4 heterocycles. The average molecular weight is 362 g/mol. The Hall–Kier alpha value is -1.20. The highest BCUT2D eigenvalue weighted by Crippen LogP contribution is 2.43. The van der Waals surface area contributed by atoms with Crippen molar-refractivity contribution in [2.45, 2.75) is 38.3 Å². The van der Waals surface area contributed by atoms with Crippen LogP contribution < -0.4 is 0 Å². The standard InChI is InChI=1S/C17H20BrN3O/c1-2-14(22)21-16(12-3-5-13(18)6-4-12)17-15(19-21)11-7-9-20(17)10-8-11/h3-6,11,16-17H,2,7-10H2,1H3. The van der Waals surface area contributed by atoms with Crippen LogP contribution in [0.15, 0.2) is 33.8 Å². The Kier molecular flexibility index (Phi) is 3.57. The van der Waals surface area contributed by atoms with E-state index in [0.717, 1.165) is 17.6 Å². The molecule has 2 unspecified atom stereocenters. The minimum atomic E-state index is 0.0404. The molecule has 4 aliphatic rings. The Morgan fingerprint density at radius 1 is 1.23 bits per heavy atom. The third-order valence-corrected chi connectivity index (χ3v) is 5.73. The van der Waals surface area contributed by atoms with E-state index < -0.39 is 0 Å². The van der Waals surface area contributed by atoms with E-state index in [9.17, 15) is 4.79 Å². The molecule has 0 radical (unpaired) electrons. The minimum Gasteiger partial charge on any atom is -0.293 e. The Balaban J connectivity index is 1.76. The van der Waals surface area contributed by atoms with Crippen LogP contribution in [0.3, 0.4) is 0 Å². The van der Waals surface area contributed by atoms with Gasteiger partial charge in [0.1, 0.15) is 6.04 Å². The highest BCUT2D eigenvalue weighted by Gasteiger charge is 2.50. The molecule has 1 amide bonds. The second-order valence-electron chi connectivity index (χ2n) is 6.37. The van der Waals surface area contributed by atoms with Crippen LogP contribution in [0.25, 0.3) is 0 Å². The predicted molar refractivity (Wildman–Crippen MR) is 89.5 cm³/mol. The fourth-order valence-electron chi connectivity index (χ4n) is 4.08. The molecule has 0 aliphatic carbocycles. The predicted octanol–water partition coefficient (Wildman–Crippen LogP) is 3.19. The summed E-state index contributed by atoms with van der Waals surface area (Å²) in [4.78, 5) is 15.0. The van der Waals surface area contributed by atoms with Gasteiger partial charge in [0.05, 0.1) is 11.8 Å². The van der Waals surface area contributed by atoms with Crippen molar-refractivity contribution >= 4 is 27.5 Å². The number of carbonyl (C=O) groups is 1. The molecule has 2 bridgehead atoms. The van der Waals surface area contributed by atoms with Crippen LogP contribution in [0, 0.1) is 5.92 Å². The van der Waals surface area contributed by atoms with Crippen molar-refractivity contribution in [3.05, 3.63) is 34.3 Å². The van der Waals surface area contributed by atoms with Crippen LogP contribution in [0.4, 0.5) is 0 Å². The first-order valence-electron chi connectivity index (χ1n) is 8.09. The van der Waals surface area contributed by atoms with Crippen LogP contribution in [-0.2, 0) is 4.79 Å². The molecule has 22 heavy (non-hydrogen) atoms. The maximum atomic E-state index is 12.4. The normalized spacial score (nSPS) is 32.8. The number of hydrogen-bond donors (Lipinski definition) is 0. The van der Waals surface area contributed by atoms with E-state index in [1.54, 1.807) is 5.01 Å². The molecule has 1 aromatic carbocycles. The highest BCUT2D eigenvalue weighted by atomic mass is 79.9. The number of amides is 1. The topological polar surface area (TPSA) is 35.9 Å². The third-order valence-electron chi connectivity index (χ3n) is 5.20. The van der Waals surface area contributed by atoms with Crippen molar-refractivity contribution in [3.63, 3.8) is 0 Å². The second-order valence-corrected chi connectivity index (χ2v) is 7.28. The van der Waals surface area contributed by atoms with E-state index in [-0.39, 0.29) is 18.0 Å². The molecule has 5 rings (SSSR count). The number of hydrazone groups is 1. The van der Waals surface area contributed by atoms with Crippen molar-refractivity contribution in [2.24, 2.45) is 11.0 Å². The Labute approximate surface area is 139 Å². The van der Waals surface area contributed by atoms with E-state index in [4.69, 9.17) is 5.10 Å². The van der Waals surface area contributed by atoms with Crippen LogP contribution in [-0.4, -0.2) is 40.7 Å². The quantitative estimate of drug-likeness (QED) is 0.810. The van der Waals surface area contributed by atoms with Crippen LogP contribution >= 0.6 is 15.9 Å². The summed E-state index contributed by atoms with van der Waals surface area (Å²) in [5.74, 6) is 0.693. The van der Waals surface area contributed by atoms with Gasteiger partial charge < -0.3 is 0 Å². The minimum absolute atomic E-state index is 0.0404. The summed E-state index contributed by atoms with van der Waals surface area (Å²) in [5, 5.41) is 6.55. The molecule has 0 spiro atoms. The highest BCUT2D eigenvalue weighted by molar-refractivity contribution is 9.10. The van der Waals surface area contributed by atoms with Gasteiger partial charge >= 0.3 is 0 Å². The number of hydrogen-bond acceptors (Lipinski definition) is 3. The smallest absolute Gasteiger partial charge is 0.243 e. The fourth-order valence-corrected chi connectivity index (χ4v) is 4.35. The second kappa shape index (κ2) is 5.46. The van der Waals surface area contributed by atoms with Gasteiger partial charge in [0.15, 0.2) is 0 Å². The molecule has 1 aromatic rings. The zero-order valence-corrected chi connectivity index (χ0v) is 14.3. The number of carbonyl (C=O) groups excluding carboxylic acids is 1. The number of benzene rings is 1. The summed E-state index contributed by atoms with van der Waals surface area (Å²) >= 11 is 3.49. The molecule has 0 N–H and O–H groups in total. The van der Waals surface area contributed by atoms with Gasteiger partial charge in [-0.3, -0.25) is 9.69 Å². The van der Waals surface area contributed by atoms with Crippen LogP contribution in [0.1, 0.15) is 37.8 Å². The van der Waals surface area contributed by atoms with E-state index >= 15 is 0 Å². The molecular formula is C17H20BrN3O. The molecule has 2 atom stereocenters. The van der Waals surface area contributed by atoms with Gasteiger partial charge in [0, 0.05) is 16.8 Å². The molecule has 4 aliphatic heterocycles. The van der Waals surface area contributed by atoms with Crippen molar-refractivity contribution in [1.29, 1.82) is 0 Å². The average Bonchev–Trinajstić information content (AvgIpc) is 2.98. The SMILES string of the molecule is CCC(=O)N1N=C2C3CCN(CC3)C2C1c1ccc(Br)cc1. The van der Waals surface area contributed by atoms with Crippen molar-refractivity contribution in [2.75, 3.05) is 13.1 Å². The number of nitrogens with zero attached hydrogens (tertiary/aromatic N) is 3. The summed E-state index contributed by atoms with van der Waals surface area (Å²) in [7, 11) is 0. The zero-order valence-electron chi connectivity index (χ0n) is 12.7. The summed E-state index contributed by atoms with van der Waals surface area (Å²) in [6.45, 7) is 4.18. The van der Waals surface area contributed by atoms with E-state index in [2.05, 4.69) is 45.1 Å². The Bertz CT molecular complexity index is 619. The van der Waals surface area contributed by atoms with Gasteiger partial charge in [0.2, 0.25) is 5.91 Å². The van der Waals surface area contributed by atoms with Crippen molar-refractivity contribution in [3.8, 4) is 0 Å². The lowest BCUT2D eigenvalue weighted by atomic mass is 9.78. The molecule has 0 aromatic heterocycles. The number of rotatable bonds is 2. The van der Waals surface area contributed by atoms with E-state index in [1.807, 2.05) is 6.92 Å². The van der Waals surface area contributed by atoms with Crippen LogP contribution in [0.2, 0.25) is 0 Å². The van der Waals surface area contributed by atoms with Crippen molar-refractivity contribution in [1.82, 2.24) is 9.91 Å². The van der Waals surface area contributed by atoms with Crippen molar-refractivity contribution < 1.29 is 4.79 Å². The first-order chi connectivity index (χ1) is 10.7. The fraction of sp³-hybridized carbons (Fsp3) is 0.529. The van der Waals surface area contributed by atoms with Gasteiger partial charge in [-0.2, -0.15) is 5.10 Å². The van der Waals surface area contributed by atoms with E-state index in [0.29, 0.717) is 12.3 Å². The molecule has 116 valence electrons. The van der Waals surface area contributed by atoms with Gasteiger partial charge in [-0.05, 0) is 43.6 Å². The van der Waals surface area contributed by atoms with E-state index in [1.165, 1.54) is 24.1 Å². The first kappa shape index (κ1) is 14.4. The van der Waals surface area contributed by atoms with Crippen LogP contribution in [0.5, 0.6) is 0 Å². The molecule has 3 saturated heterocycles. The molecule has 0 saturated carbocycles. The monoisotopic (exact) mass is 361 g/mol. The maximum Gasteiger partial charge on any atom is 0.243 e.